The Bertz CT molecular complexity index is 548. The fourth-order valence-corrected chi connectivity index (χ4v) is 2.15. The fourth-order valence-electron chi connectivity index (χ4n) is 2.15. The van der Waals surface area contributed by atoms with Crippen molar-refractivity contribution in [3.8, 4) is 0 Å². The monoisotopic (exact) mass is 265 g/mol. The van der Waals surface area contributed by atoms with Crippen LogP contribution in [-0.4, -0.2) is 26.2 Å². The van der Waals surface area contributed by atoms with Crippen molar-refractivity contribution in [3.05, 3.63) is 22.7 Å². The first-order valence-electron chi connectivity index (χ1n) is 6.45. The quantitative estimate of drug-likeness (QED) is 0.842. The van der Waals surface area contributed by atoms with Gasteiger partial charge in [-0.1, -0.05) is 0 Å². The Balaban J connectivity index is 2.35. The average molecular weight is 265 g/mol. The Morgan fingerprint density at radius 3 is 2.68 bits per heavy atom. The lowest BCUT2D eigenvalue weighted by atomic mass is 9.96. The van der Waals surface area contributed by atoms with Crippen molar-refractivity contribution in [3.63, 3.8) is 0 Å². The molecule has 2 N–H and O–H groups in total. The SMILES string of the molecule is CC(C)n1ccnc(NC(C)(C(=O)O)C2CC2)c1=O. The van der Waals surface area contributed by atoms with Crippen molar-refractivity contribution in [2.24, 2.45) is 5.92 Å². The Morgan fingerprint density at radius 2 is 2.21 bits per heavy atom. The molecule has 0 amide bonds. The van der Waals surface area contributed by atoms with E-state index in [1.807, 2.05) is 13.8 Å². The van der Waals surface area contributed by atoms with E-state index >= 15 is 0 Å². The summed E-state index contributed by atoms with van der Waals surface area (Å²) >= 11 is 0. The molecule has 0 aliphatic heterocycles. The van der Waals surface area contributed by atoms with Crippen LogP contribution in [0.4, 0.5) is 5.82 Å². The lowest BCUT2D eigenvalue weighted by Crippen LogP contribution is -2.47. The molecule has 0 spiro atoms. The molecule has 104 valence electrons. The van der Waals surface area contributed by atoms with E-state index in [4.69, 9.17) is 0 Å². The van der Waals surface area contributed by atoms with Crippen LogP contribution < -0.4 is 10.9 Å². The molecule has 1 aliphatic rings. The molecule has 1 saturated carbocycles. The summed E-state index contributed by atoms with van der Waals surface area (Å²) in [5, 5.41) is 12.2. The lowest BCUT2D eigenvalue weighted by molar-refractivity contribution is -0.142. The Morgan fingerprint density at radius 1 is 1.58 bits per heavy atom. The summed E-state index contributed by atoms with van der Waals surface area (Å²) in [4.78, 5) is 27.6. The van der Waals surface area contributed by atoms with E-state index in [2.05, 4.69) is 10.3 Å². The lowest BCUT2D eigenvalue weighted by Gasteiger charge is -2.26. The molecule has 0 aromatic carbocycles. The van der Waals surface area contributed by atoms with Gasteiger partial charge in [-0.3, -0.25) is 4.79 Å². The van der Waals surface area contributed by atoms with E-state index in [0.29, 0.717) is 0 Å². The predicted molar refractivity (Wildman–Crippen MR) is 71.3 cm³/mol. The maximum absolute atomic E-state index is 12.2. The molecular formula is C13H19N3O3. The van der Waals surface area contributed by atoms with E-state index in [1.54, 1.807) is 13.1 Å². The number of carbonyl (C=O) groups is 1. The third-order valence-electron chi connectivity index (χ3n) is 3.64. The summed E-state index contributed by atoms with van der Waals surface area (Å²) in [7, 11) is 0. The average Bonchev–Trinajstić information content (AvgIpc) is 3.15. The molecule has 1 fully saturated rings. The second-order valence-corrected chi connectivity index (χ2v) is 5.49. The fraction of sp³-hybridized carbons (Fsp3) is 0.615. The number of hydrogen-bond donors (Lipinski definition) is 2. The highest BCUT2D eigenvalue weighted by molar-refractivity contribution is 5.82. The van der Waals surface area contributed by atoms with E-state index in [1.165, 1.54) is 10.8 Å². The van der Waals surface area contributed by atoms with Crippen LogP contribution >= 0.6 is 0 Å². The van der Waals surface area contributed by atoms with Gasteiger partial charge in [0.05, 0.1) is 0 Å². The van der Waals surface area contributed by atoms with E-state index in [-0.39, 0.29) is 23.3 Å². The first-order valence-corrected chi connectivity index (χ1v) is 6.45. The van der Waals surface area contributed by atoms with Crippen molar-refractivity contribution < 1.29 is 9.90 Å². The van der Waals surface area contributed by atoms with Crippen molar-refractivity contribution >= 4 is 11.8 Å². The summed E-state index contributed by atoms with van der Waals surface area (Å²) in [6.07, 6.45) is 4.84. The second kappa shape index (κ2) is 4.68. The molecule has 1 aliphatic carbocycles. The molecule has 2 rings (SSSR count). The maximum Gasteiger partial charge on any atom is 0.329 e. The molecule has 1 atom stereocenters. The van der Waals surface area contributed by atoms with Crippen molar-refractivity contribution in [2.75, 3.05) is 5.32 Å². The summed E-state index contributed by atoms with van der Waals surface area (Å²) < 4.78 is 1.53. The molecule has 19 heavy (non-hydrogen) atoms. The normalized spacial score (nSPS) is 18.1. The summed E-state index contributed by atoms with van der Waals surface area (Å²) in [5.74, 6) is -0.789. The maximum atomic E-state index is 12.2. The molecular weight excluding hydrogens is 246 g/mol. The number of anilines is 1. The molecule has 0 saturated heterocycles. The highest BCUT2D eigenvalue weighted by Gasteiger charge is 2.48. The molecule has 6 heteroatoms. The number of rotatable bonds is 5. The third-order valence-corrected chi connectivity index (χ3v) is 3.64. The van der Waals surface area contributed by atoms with Crippen LogP contribution in [0.3, 0.4) is 0 Å². The zero-order valence-electron chi connectivity index (χ0n) is 11.4. The van der Waals surface area contributed by atoms with Crippen LogP contribution in [0.2, 0.25) is 0 Å². The van der Waals surface area contributed by atoms with Crippen LogP contribution in [-0.2, 0) is 4.79 Å². The standard InChI is InChI=1S/C13H19N3O3/c1-8(2)16-7-6-14-10(11(16)17)15-13(3,12(18)19)9-4-5-9/h6-9H,4-5H2,1-3H3,(H,14,15)(H,18,19). The minimum atomic E-state index is -1.12. The Kier molecular flexibility index (Phi) is 3.34. The zero-order valence-corrected chi connectivity index (χ0v) is 11.4. The Hall–Kier alpha value is -1.85. The van der Waals surface area contributed by atoms with E-state index < -0.39 is 11.5 Å². The number of nitrogens with one attached hydrogen (secondary N) is 1. The first kappa shape index (κ1) is 13.6. The van der Waals surface area contributed by atoms with E-state index in [0.717, 1.165) is 12.8 Å². The van der Waals surface area contributed by atoms with Gasteiger partial charge in [0.2, 0.25) is 0 Å². The molecule has 1 unspecified atom stereocenters. The van der Waals surface area contributed by atoms with Gasteiger partial charge in [-0.15, -0.1) is 0 Å². The number of nitrogens with zero attached hydrogens (tertiary/aromatic N) is 2. The molecule has 0 radical (unpaired) electrons. The zero-order chi connectivity index (χ0) is 14.2. The minimum Gasteiger partial charge on any atom is -0.480 e. The largest absolute Gasteiger partial charge is 0.480 e. The van der Waals surface area contributed by atoms with Crippen molar-refractivity contribution in [1.82, 2.24) is 9.55 Å². The van der Waals surface area contributed by atoms with E-state index in [9.17, 15) is 14.7 Å². The Labute approximate surface area is 111 Å². The van der Waals surface area contributed by atoms with Gasteiger partial charge in [-0.2, -0.15) is 0 Å². The van der Waals surface area contributed by atoms with Gasteiger partial charge in [-0.25, -0.2) is 9.78 Å². The summed E-state index contributed by atoms with van der Waals surface area (Å²) in [6, 6.07) is 0.00746. The van der Waals surface area contributed by atoms with Crippen molar-refractivity contribution in [2.45, 2.75) is 45.2 Å². The third kappa shape index (κ3) is 2.47. The minimum absolute atomic E-state index is 0.00746. The summed E-state index contributed by atoms with van der Waals surface area (Å²) in [5.41, 5.74) is -1.41. The smallest absolute Gasteiger partial charge is 0.329 e. The molecule has 6 nitrogen and oxygen atoms in total. The summed E-state index contributed by atoms with van der Waals surface area (Å²) in [6.45, 7) is 5.39. The molecule has 1 heterocycles. The van der Waals surface area contributed by atoms with Gasteiger partial charge in [0, 0.05) is 18.4 Å². The number of carboxylic acid groups (broad SMARTS) is 1. The van der Waals surface area contributed by atoms with Gasteiger partial charge in [-0.05, 0) is 39.5 Å². The van der Waals surface area contributed by atoms with Gasteiger partial charge in [0.25, 0.3) is 5.56 Å². The first-order chi connectivity index (χ1) is 8.86. The predicted octanol–water partition coefficient (Wildman–Crippen LogP) is 1.49. The highest BCUT2D eigenvalue weighted by Crippen LogP contribution is 2.41. The van der Waals surface area contributed by atoms with Gasteiger partial charge < -0.3 is 15.0 Å². The van der Waals surface area contributed by atoms with Crippen LogP contribution in [0.1, 0.15) is 39.7 Å². The van der Waals surface area contributed by atoms with Crippen molar-refractivity contribution in [1.29, 1.82) is 0 Å². The highest BCUT2D eigenvalue weighted by atomic mass is 16.4. The van der Waals surface area contributed by atoms with Crippen LogP contribution in [0.25, 0.3) is 0 Å². The van der Waals surface area contributed by atoms with Gasteiger partial charge in [0.15, 0.2) is 5.82 Å². The number of aromatic nitrogens is 2. The molecule has 1 aromatic heterocycles. The van der Waals surface area contributed by atoms with Gasteiger partial charge in [0.1, 0.15) is 5.54 Å². The van der Waals surface area contributed by atoms with Crippen LogP contribution in [0, 0.1) is 5.92 Å². The second-order valence-electron chi connectivity index (χ2n) is 5.49. The number of carboxylic acids is 1. The topological polar surface area (TPSA) is 84.2 Å². The molecule has 1 aromatic rings. The number of hydrogen-bond acceptors (Lipinski definition) is 4. The van der Waals surface area contributed by atoms with Crippen LogP contribution in [0.15, 0.2) is 17.2 Å². The van der Waals surface area contributed by atoms with Crippen LogP contribution in [0.5, 0.6) is 0 Å². The van der Waals surface area contributed by atoms with Gasteiger partial charge >= 0.3 is 5.97 Å². The molecule has 0 bridgehead atoms. The number of aliphatic carboxylic acids is 1.